The topological polar surface area (TPSA) is 31.4 Å². The van der Waals surface area contributed by atoms with E-state index in [0.29, 0.717) is 0 Å². The molecule has 0 bridgehead atoms. The zero-order chi connectivity index (χ0) is 20.3. The van der Waals surface area contributed by atoms with Gasteiger partial charge >= 0.3 is 0 Å². The fourth-order valence-electron chi connectivity index (χ4n) is 3.69. The minimum atomic E-state index is 0.915. The number of anilines is 3. The predicted molar refractivity (Wildman–Crippen MR) is 130 cm³/mol. The fourth-order valence-corrected chi connectivity index (χ4v) is 5.19. The number of piperazine rings is 1. The van der Waals surface area contributed by atoms with Gasteiger partial charge in [-0.15, -0.1) is 0 Å². The van der Waals surface area contributed by atoms with Crippen LogP contribution in [0.1, 0.15) is 0 Å². The van der Waals surface area contributed by atoms with Crippen molar-refractivity contribution in [1.29, 1.82) is 0 Å². The predicted octanol–water partition coefficient (Wildman–Crippen LogP) is 6.03. The van der Waals surface area contributed by atoms with Crippen molar-refractivity contribution < 1.29 is 0 Å². The average Bonchev–Trinajstić information content (AvgIpc) is 3.48. The second-order valence-corrected chi connectivity index (χ2v) is 9.40. The molecule has 4 aromatic rings. The van der Waals surface area contributed by atoms with Crippen LogP contribution in [-0.2, 0) is 0 Å². The van der Waals surface area contributed by atoms with Gasteiger partial charge in [0.25, 0.3) is 0 Å². The molecule has 0 radical (unpaired) electrons. The van der Waals surface area contributed by atoms with E-state index in [4.69, 9.17) is 0 Å². The molecule has 0 amide bonds. The first kappa shape index (κ1) is 19.3. The highest BCUT2D eigenvalue weighted by Crippen LogP contribution is 2.33. The van der Waals surface area contributed by atoms with Crippen molar-refractivity contribution in [3.05, 3.63) is 71.6 Å². The minimum Gasteiger partial charge on any atom is -0.369 e. The van der Waals surface area contributed by atoms with Crippen molar-refractivity contribution in [3.63, 3.8) is 0 Å². The van der Waals surface area contributed by atoms with Crippen molar-refractivity contribution in [2.45, 2.75) is 0 Å². The Morgan fingerprint density at radius 3 is 2.47 bits per heavy atom. The molecule has 2 aromatic carbocycles. The lowest BCUT2D eigenvalue weighted by Gasteiger charge is -2.34. The highest BCUT2D eigenvalue weighted by Gasteiger charge is 2.14. The van der Waals surface area contributed by atoms with Crippen LogP contribution in [0.25, 0.3) is 21.6 Å². The molecule has 0 atom stereocenters. The second kappa shape index (κ2) is 8.60. The Hall–Kier alpha value is -2.67. The van der Waals surface area contributed by atoms with Gasteiger partial charge in [0.05, 0.1) is 4.88 Å². The van der Waals surface area contributed by atoms with E-state index < -0.39 is 0 Å². The smallest absolute Gasteiger partial charge is 0.187 e. The summed E-state index contributed by atoms with van der Waals surface area (Å²) in [6, 6.07) is 19.5. The molecule has 1 aliphatic heterocycles. The second-order valence-electron chi connectivity index (χ2n) is 7.58. The van der Waals surface area contributed by atoms with Crippen LogP contribution in [0.2, 0.25) is 0 Å². The van der Waals surface area contributed by atoms with E-state index in [1.165, 1.54) is 27.3 Å². The van der Waals surface area contributed by atoms with E-state index in [1.807, 2.05) is 6.20 Å². The van der Waals surface area contributed by atoms with E-state index in [0.717, 1.165) is 37.0 Å². The summed E-state index contributed by atoms with van der Waals surface area (Å²) in [4.78, 5) is 10.6. The van der Waals surface area contributed by atoms with Gasteiger partial charge < -0.3 is 15.1 Å². The van der Waals surface area contributed by atoms with Gasteiger partial charge in [-0.05, 0) is 70.9 Å². The van der Waals surface area contributed by atoms with Gasteiger partial charge in [0.15, 0.2) is 5.13 Å². The maximum Gasteiger partial charge on any atom is 0.187 e. The zero-order valence-corrected chi connectivity index (χ0v) is 18.5. The summed E-state index contributed by atoms with van der Waals surface area (Å²) in [5, 5.41) is 8.67. The maximum atomic E-state index is 4.59. The molecule has 1 N–H and O–H groups in total. The number of aromatic nitrogens is 1. The highest BCUT2D eigenvalue weighted by molar-refractivity contribution is 7.19. The molecule has 4 nitrogen and oxygen atoms in total. The van der Waals surface area contributed by atoms with E-state index in [2.05, 4.69) is 92.5 Å². The van der Waals surface area contributed by atoms with Gasteiger partial charge in [0.1, 0.15) is 0 Å². The van der Waals surface area contributed by atoms with E-state index in [9.17, 15) is 0 Å². The molecule has 0 spiro atoms. The normalized spacial score (nSPS) is 14.8. The third kappa shape index (κ3) is 4.26. The summed E-state index contributed by atoms with van der Waals surface area (Å²) in [7, 11) is 2.19. The number of thiophene rings is 1. The summed E-state index contributed by atoms with van der Waals surface area (Å²) in [5.74, 6) is 0. The first-order chi connectivity index (χ1) is 14.7. The van der Waals surface area contributed by atoms with E-state index >= 15 is 0 Å². The lowest BCUT2D eigenvalue weighted by Crippen LogP contribution is -2.44. The molecule has 0 unspecified atom stereocenters. The number of benzene rings is 2. The van der Waals surface area contributed by atoms with Crippen LogP contribution < -0.4 is 10.2 Å². The first-order valence-electron chi connectivity index (χ1n) is 10.1. The first-order valence-corrected chi connectivity index (χ1v) is 11.9. The number of rotatable bonds is 5. The molecule has 30 heavy (non-hydrogen) atoms. The van der Waals surface area contributed by atoms with Crippen LogP contribution in [0.5, 0.6) is 0 Å². The molecular formula is C24H24N4S2. The monoisotopic (exact) mass is 432 g/mol. The SMILES string of the molecule is CN1CCN(c2ccc(Nc3ncc(-c4cccc(-c5ccsc5)c4)s3)cc2)CC1. The molecule has 152 valence electrons. The number of nitrogens with zero attached hydrogens (tertiary/aromatic N) is 3. The van der Waals surface area contributed by atoms with Crippen LogP contribution in [0.15, 0.2) is 71.6 Å². The Balaban J connectivity index is 1.28. The Morgan fingerprint density at radius 1 is 0.900 bits per heavy atom. The molecule has 2 aromatic heterocycles. The summed E-state index contributed by atoms with van der Waals surface area (Å²) in [5.41, 5.74) is 6.08. The van der Waals surface area contributed by atoms with Gasteiger partial charge in [-0.1, -0.05) is 29.5 Å². The number of likely N-dealkylation sites (N-methyl/N-ethyl adjacent to an activating group) is 1. The van der Waals surface area contributed by atoms with Crippen LogP contribution in [0, 0.1) is 0 Å². The summed E-state index contributed by atoms with van der Waals surface area (Å²) in [6.07, 6.45) is 1.96. The quantitative estimate of drug-likeness (QED) is 0.417. The molecule has 5 rings (SSSR count). The van der Waals surface area contributed by atoms with Gasteiger partial charge in [0, 0.05) is 43.8 Å². The average molecular weight is 433 g/mol. The van der Waals surface area contributed by atoms with Gasteiger partial charge in [-0.2, -0.15) is 11.3 Å². The molecule has 0 saturated carbocycles. The minimum absolute atomic E-state index is 0.915. The summed E-state index contributed by atoms with van der Waals surface area (Å²) in [6.45, 7) is 4.41. The van der Waals surface area contributed by atoms with Crippen LogP contribution >= 0.6 is 22.7 Å². The third-order valence-electron chi connectivity index (χ3n) is 5.49. The Kier molecular flexibility index (Phi) is 5.53. The van der Waals surface area contributed by atoms with Gasteiger partial charge in [-0.3, -0.25) is 0 Å². The number of thiazole rings is 1. The van der Waals surface area contributed by atoms with Crippen LogP contribution in [0.3, 0.4) is 0 Å². The zero-order valence-electron chi connectivity index (χ0n) is 16.9. The molecule has 0 aliphatic carbocycles. The molecule has 1 saturated heterocycles. The summed E-state index contributed by atoms with van der Waals surface area (Å²) >= 11 is 3.41. The van der Waals surface area contributed by atoms with Crippen molar-refractivity contribution in [3.8, 4) is 21.6 Å². The van der Waals surface area contributed by atoms with Crippen molar-refractivity contribution >= 4 is 39.2 Å². The molecule has 1 fully saturated rings. The Labute approximate surface area is 185 Å². The van der Waals surface area contributed by atoms with E-state index in [1.54, 1.807) is 22.7 Å². The molecular weight excluding hydrogens is 408 g/mol. The molecule has 3 heterocycles. The maximum absolute atomic E-state index is 4.59. The lowest BCUT2D eigenvalue weighted by atomic mass is 10.1. The van der Waals surface area contributed by atoms with Crippen LogP contribution in [-0.4, -0.2) is 43.1 Å². The van der Waals surface area contributed by atoms with Gasteiger partial charge in [0.2, 0.25) is 0 Å². The van der Waals surface area contributed by atoms with Crippen molar-refractivity contribution in [2.75, 3.05) is 43.4 Å². The Bertz CT molecular complexity index is 1090. The molecule has 6 heteroatoms. The third-order valence-corrected chi connectivity index (χ3v) is 7.14. The largest absolute Gasteiger partial charge is 0.369 e. The van der Waals surface area contributed by atoms with Crippen molar-refractivity contribution in [1.82, 2.24) is 9.88 Å². The van der Waals surface area contributed by atoms with Gasteiger partial charge in [-0.25, -0.2) is 4.98 Å². The lowest BCUT2D eigenvalue weighted by molar-refractivity contribution is 0.313. The Morgan fingerprint density at radius 2 is 1.70 bits per heavy atom. The highest BCUT2D eigenvalue weighted by atomic mass is 32.1. The number of hydrogen-bond acceptors (Lipinski definition) is 6. The van der Waals surface area contributed by atoms with Crippen LogP contribution in [0.4, 0.5) is 16.5 Å². The van der Waals surface area contributed by atoms with E-state index in [-0.39, 0.29) is 0 Å². The fraction of sp³-hybridized carbons (Fsp3) is 0.208. The number of hydrogen-bond donors (Lipinski definition) is 1. The standard InChI is InChI=1S/C24H24N4S2/c1-27-10-12-28(13-11-27)22-7-5-21(6-8-22)26-24-25-16-23(30-24)19-4-2-3-18(15-19)20-9-14-29-17-20/h2-9,14-17H,10-13H2,1H3,(H,25,26). The summed E-state index contributed by atoms with van der Waals surface area (Å²) < 4.78 is 0. The van der Waals surface area contributed by atoms with Crippen molar-refractivity contribution in [2.24, 2.45) is 0 Å². The number of nitrogens with one attached hydrogen (secondary N) is 1. The molecule has 1 aliphatic rings.